The van der Waals surface area contributed by atoms with E-state index in [2.05, 4.69) is 13.8 Å². The molecule has 28 heavy (non-hydrogen) atoms. The fraction of sp³-hybridized carbons (Fsp3) is 0.870. The highest BCUT2D eigenvalue weighted by molar-refractivity contribution is 5.89. The molecule has 0 aliphatic heterocycles. The van der Waals surface area contributed by atoms with E-state index < -0.39 is 5.97 Å². The van der Waals surface area contributed by atoms with Gasteiger partial charge in [-0.2, -0.15) is 0 Å². The van der Waals surface area contributed by atoms with Crippen LogP contribution in [0.2, 0.25) is 0 Å². The van der Waals surface area contributed by atoms with E-state index in [1.54, 1.807) is 0 Å². The van der Waals surface area contributed by atoms with Crippen molar-refractivity contribution in [2.24, 2.45) is 40.4 Å². The van der Waals surface area contributed by atoms with Gasteiger partial charge in [0.25, 0.3) is 0 Å². The molecule has 4 rings (SSSR count). The Morgan fingerprint density at radius 2 is 1.86 bits per heavy atom. The molecule has 4 fully saturated rings. The van der Waals surface area contributed by atoms with Crippen LogP contribution in [0.5, 0.6) is 0 Å². The van der Waals surface area contributed by atoms with Crippen LogP contribution in [0.25, 0.3) is 0 Å². The summed E-state index contributed by atoms with van der Waals surface area (Å²) in [6.45, 7) is 5.58. The van der Waals surface area contributed by atoms with Crippen LogP contribution >= 0.6 is 0 Å². The van der Waals surface area contributed by atoms with Crippen molar-refractivity contribution in [1.29, 1.82) is 0 Å². The lowest BCUT2D eigenvalue weighted by Gasteiger charge is -2.59. The van der Waals surface area contributed by atoms with E-state index in [1.165, 1.54) is 6.92 Å². The van der Waals surface area contributed by atoms with Crippen LogP contribution in [0.1, 0.15) is 72.1 Å². The van der Waals surface area contributed by atoms with Crippen molar-refractivity contribution >= 4 is 17.5 Å². The first-order chi connectivity index (χ1) is 13.2. The average molecular weight is 391 g/mol. The summed E-state index contributed by atoms with van der Waals surface area (Å²) in [7, 11) is 0. The van der Waals surface area contributed by atoms with Crippen LogP contribution in [0.3, 0.4) is 0 Å². The Bertz CT molecular complexity index is 686. The maximum absolute atomic E-state index is 13.5. The summed E-state index contributed by atoms with van der Waals surface area (Å²) in [5, 5.41) is 10.1. The van der Waals surface area contributed by atoms with E-state index in [4.69, 9.17) is 4.74 Å². The maximum Gasteiger partial charge on any atom is 0.303 e. The molecule has 0 aromatic rings. The number of aliphatic hydroxyl groups is 1. The zero-order valence-corrected chi connectivity index (χ0v) is 17.4. The molecular formula is C23H34O5. The molecule has 0 saturated heterocycles. The van der Waals surface area contributed by atoms with Crippen molar-refractivity contribution in [3.63, 3.8) is 0 Å². The molecule has 0 spiro atoms. The molecule has 4 aliphatic carbocycles. The van der Waals surface area contributed by atoms with Crippen molar-refractivity contribution in [2.45, 2.75) is 78.2 Å². The van der Waals surface area contributed by atoms with Gasteiger partial charge in [0.05, 0.1) is 6.10 Å². The Labute approximate surface area is 167 Å². The van der Waals surface area contributed by atoms with Gasteiger partial charge in [-0.05, 0) is 73.5 Å². The molecule has 5 heteroatoms. The van der Waals surface area contributed by atoms with Crippen molar-refractivity contribution in [3.8, 4) is 0 Å². The molecule has 0 amide bonds. The molecular weight excluding hydrogens is 356 g/mol. The number of carbonyl (C=O) groups is 3. The lowest BCUT2D eigenvalue weighted by molar-refractivity contribution is -0.163. The van der Waals surface area contributed by atoms with Gasteiger partial charge >= 0.3 is 5.97 Å². The molecule has 4 saturated carbocycles. The third kappa shape index (κ3) is 2.96. The summed E-state index contributed by atoms with van der Waals surface area (Å²) in [6.07, 6.45) is 6.74. The van der Waals surface area contributed by atoms with Gasteiger partial charge in [-0.1, -0.05) is 13.8 Å². The molecule has 0 aromatic heterocycles. The standard InChI is InChI=1S/C23H34O5/c1-13(24)28-12-20(27)18-7-6-17-16-5-4-14-10-15(25)8-9-22(14,2)21(16)19(26)11-23(17,18)3/h14-18,21,25H,4-12H2,1-3H3/t14-,15-,16-,17-,18+,21+,22-,23-/m0/s1. The predicted octanol–water partition coefficient (Wildman–Crippen LogP) is 3.32. The third-order valence-corrected chi connectivity index (χ3v) is 9.13. The van der Waals surface area contributed by atoms with Crippen LogP contribution in [0.4, 0.5) is 0 Å². The first-order valence-electron chi connectivity index (χ1n) is 11.0. The van der Waals surface area contributed by atoms with Crippen molar-refractivity contribution in [3.05, 3.63) is 0 Å². The zero-order valence-electron chi connectivity index (χ0n) is 17.4. The highest BCUT2D eigenvalue weighted by Crippen LogP contribution is 2.66. The fourth-order valence-corrected chi connectivity index (χ4v) is 7.85. The Kier molecular flexibility index (Phi) is 4.96. The van der Waals surface area contributed by atoms with Gasteiger partial charge in [-0.15, -0.1) is 0 Å². The van der Waals surface area contributed by atoms with Crippen molar-refractivity contribution in [1.82, 2.24) is 0 Å². The van der Waals surface area contributed by atoms with Crippen LogP contribution in [0.15, 0.2) is 0 Å². The van der Waals surface area contributed by atoms with Gasteiger partial charge in [-0.25, -0.2) is 0 Å². The second-order valence-corrected chi connectivity index (χ2v) is 10.5. The monoisotopic (exact) mass is 390 g/mol. The number of Topliss-reactive ketones (excluding diaryl/α,β-unsaturated/α-hetero) is 2. The van der Waals surface area contributed by atoms with Crippen LogP contribution in [-0.2, 0) is 19.1 Å². The minimum absolute atomic E-state index is 0.000393. The highest BCUT2D eigenvalue weighted by Gasteiger charge is 2.64. The van der Waals surface area contributed by atoms with Gasteiger partial charge in [0.15, 0.2) is 5.78 Å². The number of fused-ring (bicyclic) bond motifs is 5. The normalized spacial score (nSPS) is 47.6. The molecule has 8 atom stereocenters. The maximum atomic E-state index is 13.5. The number of ketones is 2. The SMILES string of the molecule is CC(=O)OCC(=O)[C@H]1CC[C@H]2[C@@H]3CC[C@H]4C[C@@H](O)CC[C@]4(C)[C@H]3C(=O)C[C@]12C. The summed E-state index contributed by atoms with van der Waals surface area (Å²) in [6, 6.07) is 0. The Morgan fingerprint density at radius 1 is 1.11 bits per heavy atom. The minimum Gasteiger partial charge on any atom is -0.458 e. The lowest BCUT2D eigenvalue weighted by Crippen LogP contribution is -2.58. The largest absolute Gasteiger partial charge is 0.458 e. The van der Waals surface area contributed by atoms with Crippen LogP contribution in [0, 0.1) is 40.4 Å². The molecule has 4 aliphatic rings. The Balaban J connectivity index is 1.58. The van der Waals surface area contributed by atoms with Gasteiger partial charge in [-0.3, -0.25) is 14.4 Å². The van der Waals surface area contributed by atoms with Crippen molar-refractivity contribution in [2.75, 3.05) is 6.61 Å². The first kappa shape index (κ1) is 20.1. The summed E-state index contributed by atoms with van der Waals surface area (Å²) in [5.41, 5.74) is -0.298. The molecule has 0 radical (unpaired) electrons. The van der Waals surface area contributed by atoms with Crippen molar-refractivity contribution < 1.29 is 24.2 Å². The van der Waals surface area contributed by atoms with Crippen LogP contribution < -0.4 is 0 Å². The minimum atomic E-state index is -0.432. The molecule has 1 N–H and O–H groups in total. The molecule has 0 heterocycles. The number of ether oxygens (including phenoxy) is 1. The van der Waals surface area contributed by atoms with Gasteiger partial charge < -0.3 is 9.84 Å². The van der Waals surface area contributed by atoms with Gasteiger partial charge in [0.2, 0.25) is 0 Å². The smallest absolute Gasteiger partial charge is 0.303 e. The number of rotatable bonds is 3. The zero-order chi connectivity index (χ0) is 20.3. The average Bonchev–Trinajstić information content (AvgIpc) is 2.96. The van der Waals surface area contributed by atoms with Crippen LogP contribution in [-0.4, -0.2) is 35.4 Å². The van der Waals surface area contributed by atoms with E-state index in [1.807, 2.05) is 0 Å². The second-order valence-electron chi connectivity index (χ2n) is 10.5. The summed E-state index contributed by atoms with van der Waals surface area (Å²) >= 11 is 0. The third-order valence-electron chi connectivity index (χ3n) is 9.13. The Hall–Kier alpha value is -1.23. The van der Waals surface area contributed by atoms with E-state index in [9.17, 15) is 19.5 Å². The lowest BCUT2D eigenvalue weighted by atomic mass is 9.44. The highest BCUT2D eigenvalue weighted by atomic mass is 16.5. The molecule has 0 bridgehead atoms. The first-order valence-corrected chi connectivity index (χ1v) is 11.0. The number of hydrogen-bond acceptors (Lipinski definition) is 5. The summed E-state index contributed by atoms with van der Waals surface area (Å²) in [4.78, 5) is 37.4. The fourth-order valence-electron chi connectivity index (χ4n) is 7.85. The Morgan fingerprint density at radius 3 is 2.57 bits per heavy atom. The molecule has 5 nitrogen and oxygen atoms in total. The topological polar surface area (TPSA) is 80.7 Å². The predicted molar refractivity (Wildman–Crippen MR) is 103 cm³/mol. The molecule has 0 unspecified atom stereocenters. The number of aliphatic hydroxyl groups excluding tert-OH is 1. The number of hydrogen-bond donors (Lipinski definition) is 1. The van der Waals surface area contributed by atoms with E-state index in [0.717, 1.165) is 44.9 Å². The molecule has 156 valence electrons. The molecule has 0 aromatic carbocycles. The van der Waals surface area contributed by atoms with E-state index in [-0.39, 0.29) is 41.2 Å². The van der Waals surface area contributed by atoms with Gasteiger partial charge in [0, 0.05) is 25.2 Å². The quantitative estimate of drug-likeness (QED) is 0.748. The summed E-state index contributed by atoms with van der Waals surface area (Å²) in [5.74, 6) is 0.971. The number of esters is 1. The summed E-state index contributed by atoms with van der Waals surface area (Å²) < 4.78 is 4.97. The van der Waals surface area contributed by atoms with E-state index >= 15 is 0 Å². The van der Waals surface area contributed by atoms with E-state index in [0.29, 0.717) is 30.0 Å². The number of carbonyl (C=O) groups excluding carboxylic acids is 3. The second kappa shape index (κ2) is 6.93. The van der Waals surface area contributed by atoms with Gasteiger partial charge in [0.1, 0.15) is 12.4 Å².